The van der Waals surface area contributed by atoms with Crippen LogP contribution < -0.4 is 0 Å². The molecule has 1 aromatic heterocycles. The van der Waals surface area contributed by atoms with Gasteiger partial charge in [0, 0.05) is 30.6 Å². The van der Waals surface area contributed by atoms with E-state index in [0.717, 1.165) is 19.3 Å². The molecule has 0 bridgehead atoms. The molecular weight excluding hydrogens is 308 g/mol. The van der Waals surface area contributed by atoms with Gasteiger partial charge in [-0.1, -0.05) is 12.5 Å². The van der Waals surface area contributed by atoms with Crippen LogP contribution in [0.25, 0.3) is 0 Å². The predicted octanol–water partition coefficient (Wildman–Crippen LogP) is 1.70. The Morgan fingerprint density at radius 1 is 1.52 bits per heavy atom. The average molecular weight is 332 g/mol. The first-order valence-corrected chi connectivity index (χ1v) is 9.62. The van der Waals surface area contributed by atoms with Gasteiger partial charge in [-0.2, -0.15) is 17.0 Å². The molecule has 0 spiro atoms. The number of aliphatic hydroxyl groups excluding tert-OH is 1. The molecule has 1 fully saturated rings. The largest absolute Gasteiger partial charge is 0.395 e. The zero-order chi connectivity index (χ0) is 15.5. The number of hydrogen-bond acceptors (Lipinski definition) is 4. The summed E-state index contributed by atoms with van der Waals surface area (Å²) in [5.41, 5.74) is 0. The summed E-state index contributed by atoms with van der Waals surface area (Å²) in [4.78, 5) is 1.18. The van der Waals surface area contributed by atoms with Gasteiger partial charge in [0.1, 0.15) is 0 Å². The molecule has 0 aliphatic carbocycles. The summed E-state index contributed by atoms with van der Waals surface area (Å²) < 4.78 is 28.5. The predicted molar refractivity (Wildman–Crippen MR) is 85.6 cm³/mol. The van der Waals surface area contributed by atoms with Crippen molar-refractivity contribution < 1.29 is 13.5 Å². The fraction of sp³-hybridized carbons (Fsp3) is 0.714. The minimum Gasteiger partial charge on any atom is -0.395 e. The molecule has 1 saturated heterocycles. The monoisotopic (exact) mass is 332 g/mol. The van der Waals surface area contributed by atoms with Gasteiger partial charge in [-0.25, -0.2) is 0 Å². The normalized spacial score (nSPS) is 22.6. The first-order valence-electron chi connectivity index (χ1n) is 7.35. The van der Waals surface area contributed by atoms with Crippen LogP contribution in [0.2, 0.25) is 0 Å². The smallest absolute Gasteiger partial charge is 0.282 e. The van der Waals surface area contributed by atoms with Gasteiger partial charge in [0.05, 0.1) is 6.61 Å². The van der Waals surface area contributed by atoms with Crippen LogP contribution in [0.5, 0.6) is 0 Å². The second-order valence-corrected chi connectivity index (χ2v) is 8.57. The summed E-state index contributed by atoms with van der Waals surface area (Å²) >= 11 is 1.64. The number of aliphatic hydroxyl groups is 1. The number of rotatable bonds is 6. The number of nitrogens with zero attached hydrogens (tertiary/aromatic N) is 2. The van der Waals surface area contributed by atoms with Crippen LogP contribution in [-0.2, 0) is 16.6 Å². The van der Waals surface area contributed by atoms with Crippen LogP contribution in [0.3, 0.4) is 0 Å². The van der Waals surface area contributed by atoms with Crippen LogP contribution in [0, 0.1) is 0 Å². The number of hydrogen-bond donors (Lipinski definition) is 1. The lowest BCUT2D eigenvalue weighted by molar-refractivity contribution is 0.147. The molecule has 0 aromatic carbocycles. The average Bonchev–Trinajstić information content (AvgIpc) is 2.99. The van der Waals surface area contributed by atoms with Gasteiger partial charge >= 0.3 is 0 Å². The second kappa shape index (κ2) is 7.19. The van der Waals surface area contributed by atoms with Gasteiger partial charge < -0.3 is 5.11 Å². The molecule has 1 aliphatic rings. The summed E-state index contributed by atoms with van der Waals surface area (Å²) in [7, 11) is -1.88. The topological polar surface area (TPSA) is 60.9 Å². The highest BCUT2D eigenvalue weighted by molar-refractivity contribution is 7.86. The Labute approximate surface area is 131 Å². The lowest BCUT2D eigenvalue weighted by atomic mass is 10.1. The van der Waals surface area contributed by atoms with Crippen molar-refractivity contribution >= 4 is 21.5 Å². The molecule has 0 radical (unpaired) electrons. The maximum Gasteiger partial charge on any atom is 0.282 e. The van der Waals surface area contributed by atoms with E-state index in [1.807, 2.05) is 24.4 Å². The van der Waals surface area contributed by atoms with Crippen molar-refractivity contribution in [1.82, 2.24) is 8.61 Å². The quantitative estimate of drug-likeness (QED) is 0.862. The van der Waals surface area contributed by atoms with Crippen molar-refractivity contribution in [2.45, 2.75) is 44.7 Å². The molecule has 120 valence electrons. The molecule has 0 amide bonds. The summed E-state index contributed by atoms with van der Waals surface area (Å²) in [6.45, 7) is 2.32. The highest BCUT2D eigenvalue weighted by atomic mass is 32.2. The molecular formula is C14H24N2O3S2. The van der Waals surface area contributed by atoms with Gasteiger partial charge in [0.15, 0.2) is 0 Å². The highest BCUT2D eigenvalue weighted by Gasteiger charge is 2.36. The van der Waals surface area contributed by atoms with Gasteiger partial charge in [-0.3, -0.25) is 0 Å². The van der Waals surface area contributed by atoms with E-state index in [-0.39, 0.29) is 18.7 Å². The van der Waals surface area contributed by atoms with E-state index in [9.17, 15) is 13.5 Å². The fourth-order valence-corrected chi connectivity index (χ4v) is 5.30. The van der Waals surface area contributed by atoms with Crippen LogP contribution in [0.1, 0.15) is 31.1 Å². The standard InChI is InChI=1S/C14H24N2O3S2/c1-12(10-14-7-5-9-20-14)15(2)21(18,19)16-8-4-3-6-13(16)11-17/h5,7,9,12-13,17H,3-4,6,8,10-11H2,1-2H3. The van der Waals surface area contributed by atoms with Gasteiger partial charge in [0.25, 0.3) is 10.2 Å². The molecule has 2 atom stereocenters. The summed E-state index contributed by atoms with van der Waals surface area (Å²) in [5, 5.41) is 11.4. The van der Waals surface area contributed by atoms with Crippen molar-refractivity contribution in [3.8, 4) is 0 Å². The number of likely N-dealkylation sites (N-methyl/N-ethyl adjacent to an activating group) is 1. The van der Waals surface area contributed by atoms with E-state index in [1.54, 1.807) is 18.4 Å². The molecule has 21 heavy (non-hydrogen) atoms. The summed E-state index contributed by atoms with van der Waals surface area (Å²) in [5.74, 6) is 0. The number of thiophene rings is 1. The lowest BCUT2D eigenvalue weighted by Gasteiger charge is -2.37. The maximum absolute atomic E-state index is 12.8. The van der Waals surface area contributed by atoms with Crippen LogP contribution >= 0.6 is 11.3 Å². The molecule has 2 unspecified atom stereocenters. The molecule has 1 aliphatic heterocycles. The summed E-state index contributed by atoms with van der Waals surface area (Å²) in [6, 6.07) is 3.63. The van der Waals surface area contributed by atoms with Crippen LogP contribution in [-0.4, -0.2) is 54.4 Å². The highest BCUT2D eigenvalue weighted by Crippen LogP contribution is 2.24. The minimum atomic E-state index is -3.51. The van der Waals surface area contributed by atoms with E-state index in [4.69, 9.17) is 0 Å². The zero-order valence-electron chi connectivity index (χ0n) is 12.6. The van der Waals surface area contributed by atoms with E-state index in [0.29, 0.717) is 13.0 Å². The Morgan fingerprint density at radius 3 is 2.90 bits per heavy atom. The van der Waals surface area contributed by atoms with E-state index < -0.39 is 10.2 Å². The Kier molecular flexibility index (Phi) is 5.79. The molecule has 2 rings (SSSR count). The first-order chi connectivity index (χ1) is 9.96. The lowest BCUT2D eigenvalue weighted by Crippen LogP contribution is -2.53. The van der Waals surface area contributed by atoms with Gasteiger partial charge in [-0.05, 0) is 37.6 Å². The fourth-order valence-electron chi connectivity index (χ4n) is 2.70. The maximum atomic E-state index is 12.8. The van der Waals surface area contributed by atoms with Crippen LogP contribution in [0.4, 0.5) is 0 Å². The Hall–Kier alpha value is -0.470. The molecule has 2 heterocycles. The van der Waals surface area contributed by atoms with E-state index in [1.165, 1.54) is 13.5 Å². The van der Waals surface area contributed by atoms with Crippen molar-refractivity contribution in [3.05, 3.63) is 22.4 Å². The third kappa shape index (κ3) is 3.84. The van der Waals surface area contributed by atoms with Crippen molar-refractivity contribution in [3.63, 3.8) is 0 Å². The van der Waals surface area contributed by atoms with E-state index in [2.05, 4.69) is 0 Å². The van der Waals surface area contributed by atoms with Gasteiger partial charge in [0.2, 0.25) is 0 Å². The zero-order valence-corrected chi connectivity index (χ0v) is 14.2. The van der Waals surface area contributed by atoms with Crippen molar-refractivity contribution in [1.29, 1.82) is 0 Å². The Bertz CT molecular complexity index is 530. The number of piperidine rings is 1. The van der Waals surface area contributed by atoms with Crippen molar-refractivity contribution in [2.75, 3.05) is 20.2 Å². The van der Waals surface area contributed by atoms with Crippen molar-refractivity contribution in [2.24, 2.45) is 0 Å². The van der Waals surface area contributed by atoms with E-state index >= 15 is 0 Å². The molecule has 7 heteroatoms. The third-order valence-corrected chi connectivity index (χ3v) is 7.20. The molecule has 5 nitrogen and oxygen atoms in total. The summed E-state index contributed by atoms with van der Waals surface area (Å²) in [6.07, 6.45) is 3.29. The SMILES string of the molecule is CC(Cc1cccs1)N(C)S(=O)(=O)N1CCCCC1CO. The molecule has 0 saturated carbocycles. The Morgan fingerprint density at radius 2 is 2.29 bits per heavy atom. The molecule has 1 aromatic rings. The minimum absolute atomic E-state index is 0.102. The Balaban J connectivity index is 2.09. The molecule has 1 N–H and O–H groups in total. The second-order valence-electron chi connectivity index (χ2n) is 5.60. The van der Waals surface area contributed by atoms with Gasteiger partial charge in [-0.15, -0.1) is 11.3 Å². The van der Waals surface area contributed by atoms with Crippen LogP contribution in [0.15, 0.2) is 17.5 Å². The third-order valence-electron chi connectivity index (χ3n) is 4.14. The first kappa shape index (κ1) is 16.9.